The Hall–Kier alpha value is -2.29. The molecule has 1 N–H and O–H groups in total. The number of nitrogens with one attached hydrogen (secondary N) is 1. The van der Waals surface area contributed by atoms with Crippen LogP contribution in [0.4, 0.5) is 0 Å². The summed E-state index contributed by atoms with van der Waals surface area (Å²) in [6, 6.07) is 9.00. The molecule has 0 aliphatic carbocycles. The van der Waals surface area contributed by atoms with Crippen LogP contribution < -0.4 is 5.43 Å². The summed E-state index contributed by atoms with van der Waals surface area (Å²) in [7, 11) is 0. The maximum absolute atomic E-state index is 11.2. The molecule has 2 aromatic rings. The van der Waals surface area contributed by atoms with E-state index in [2.05, 4.69) is 10.5 Å². The topological polar surface area (TPSA) is 70.2 Å². The van der Waals surface area contributed by atoms with Crippen molar-refractivity contribution in [2.24, 2.45) is 5.10 Å². The summed E-state index contributed by atoms with van der Waals surface area (Å²) < 4.78 is 1.98. The van der Waals surface area contributed by atoms with Crippen LogP contribution in [0, 0.1) is 25.2 Å². The van der Waals surface area contributed by atoms with Gasteiger partial charge in [0.15, 0.2) is 0 Å². The number of halogens is 2. The van der Waals surface area contributed by atoms with Gasteiger partial charge in [0.25, 0.3) is 5.91 Å². The van der Waals surface area contributed by atoms with Crippen molar-refractivity contribution in [2.75, 3.05) is 0 Å². The highest BCUT2D eigenvalue weighted by Crippen LogP contribution is 2.28. The Bertz CT molecular complexity index is 818. The molecule has 0 saturated heterocycles. The van der Waals surface area contributed by atoms with Gasteiger partial charge in [0.05, 0.1) is 23.0 Å². The zero-order valence-corrected chi connectivity index (χ0v) is 14.1. The fourth-order valence-corrected chi connectivity index (χ4v) is 2.73. The fraction of sp³-hybridized carbons (Fsp3) is 0.188. The Kier molecular flexibility index (Phi) is 5.43. The molecule has 1 aromatic heterocycles. The lowest BCUT2D eigenvalue weighted by Crippen LogP contribution is -2.16. The van der Waals surface area contributed by atoms with Crippen LogP contribution in [0.15, 0.2) is 29.4 Å². The van der Waals surface area contributed by atoms with E-state index in [1.165, 1.54) is 6.21 Å². The first-order chi connectivity index (χ1) is 10.9. The second-order valence-corrected chi connectivity index (χ2v) is 5.73. The summed E-state index contributed by atoms with van der Waals surface area (Å²) in [4.78, 5) is 11.2. The molecule has 5 nitrogen and oxygen atoms in total. The van der Waals surface area contributed by atoms with Crippen LogP contribution in [0.2, 0.25) is 10.0 Å². The highest BCUT2D eigenvalue weighted by molar-refractivity contribution is 6.35. The Morgan fingerprint density at radius 2 is 2.13 bits per heavy atom. The molecule has 0 fully saturated rings. The van der Waals surface area contributed by atoms with Gasteiger partial charge in [-0.2, -0.15) is 10.4 Å². The number of carbonyl (C=O) groups is 1. The number of hydrogen-bond donors (Lipinski definition) is 1. The highest BCUT2D eigenvalue weighted by atomic mass is 35.5. The van der Waals surface area contributed by atoms with Crippen LogP contribution >= 0.6 is 23.2 Å². The third-order valence-corrected chi connectivity index (χ3v) is 3.79. The smallest absolute Gasteiger partial charge is 0.254 e. The van der Waals surface area contributed by atoms with Crippen LogP contribution in [0.3, 0.4) is 0 Å². The molecule has 1 heterocycles. The van der Waals surface area contributed by atoms with Gasteiger partial charge in [0, 0.05) is 22.0 Å². The molecular formula is C16H14Cl2N4O. The number of hydrogen-bond acceptors (Lipinski definition) is 3. The number of nitrogens with zero attached hydrogens (tertiary/aromatic N) is 3. The molecule has 1 aromatic carbocycles. The van der Waals surface area contributed by atoms with Crippen LogP contribution in [0.25, 0.3) is 5.69 Å². The Morgan fingerprint density at radius 3 is 2.78 bits per heavy atom. The summed E-state index contributed by atoms with van der Waals surface area (Å²) in [6.45, 7) is 3.87. The zero-order valence-electron chi connectivity index (χ0n) is 12.6. The number of hydrazone groups is 1. The lowest BCUT2D eigenvalue weighted by molar-refractivity contribution is -0.120. The molecule has 0 aliphatic rings. The summed E-state index contributed by atoms with van der Waals surface area (Å²) in [6.07, 6.45) is 1.31. The summed E-state index contributed by atoms with van der Waals surface area (Å²) in [5, 5.41) is 13.4. The number of nitriles is 1. The average Bonchev–Trinajstić information content (AvgIpc) is 2.75. The third kappa shape index (κ3) is 3.92. The number of aromatic nitrogens is 1. The van der Waals surface area contributed by atoms with E-state index in [0.717, 1.165) is 22.6 Å². The minimum atomic E-state index is -0.446. The van der Waals surface area contributed by atoms with Crippen molar-refractivity contribution in [3.63, 3.8) is 0 Å². The quantitative estimate of drug-likeness (QED) is 0.674. The van der Waals surface area contributed by atoms with E-state index >= 15 is 0 Å². The maximum atomic E-state index is 11.2. The van der Waals surface area contributed by atoms with Crippen molar-refractivity contribution in [3.8, 4) is 11.8 Å². The van der Waals surface area contributed by atoms with Crippen LogP contribution in [0.5, 0.6) is 0 Å². The number of carbonyl (C=O) groups excluding carboxylic acids is 1. The third-order valence-electron chi connectivity index (χ3n) is 3.25. The van der Waals surface area contributed by atoms with E-state index in [4.69, 9.17) is 28.5 Å². The number of amides is 1. The van der Waals surface area contributed by atoms with Crippen molar-refractivity contribution >= 4 is 35.3 Å². The van der Waals surface area contributed by atoms with Crippen LogP contribution in [-0.4, -0.2) is 16.7 Å². The molecule has 0 spiro atoms. The van der Waals surface area contributed by atoms with E-state index in [1.807, 2.05) is 30.5 Å². The van der Waals surface area contributed by atoms with E-state index in [0.29, 0.717) is 10.0 Å². The second-order valence-electron chi connectivity index (χ2n) is 4.89. The predicted molar refractivity (Wildman–Crippen MR) is 91.2 cm³/mol. The second kappa shape index (κ2) is 7.32. The normalized spacial score (nSPS) is 10.7. The summed E-state index contributed by atoms with van der Waals surface area (Å²) in [5.74, 6) is -0.446. The van der Waals surface area contributed by atoms with Gasteiger partial charge < -0.3 is 4.57 Å². The molecule has 0 radical (unpaired) electrons. The number of aryl methyl sites for hydroxylation is 1. The van der Waals surface area contributed by atoms with Gasteiger partial charge in [0.2, 0.25) is 0 Å². The molecule has 118 valence electrons. The average molecular weight is 349 g/mol. The predicted octanol–water partition coefficient (Wildman–Crippen LogP) is 3.76. The monoisotopic (exact) mass is 348 g/mol. The molecular weight excluding hydrogens is 335 g/mol. The lowest BCUT2D eigenvalue weighted by atomic mass is 10.2. The SMILES string of the molecule is Cc1cc(/C=N/NC(=O)CC#N)c(C)n1-c1ccc(Cl)cc1Cl. The van der Waals surface area contributed by atoms with Gasteiger partial charge in [-0.25, -0.2) is 5.43 Å². The Balaban J connectivity index is 2.31. The molecule has 0 aliphatic heterocycles. The first-order valence-electron chi connectivity index (χ1n) is 6.77. The summed E-state index contributed by atoms with van der Waals surface area (Å²) >= 11 is 12.2. The molecule has 0 bridgehead atoms. The van der Waals surface area contributed by atoms with E-state index in [-0.39, 0.29) is 6.42 Å². The Morgan fingerprint density at radius 1 is 1.39 bits per heavy atom. The molecule has 7 heteroatoms. The fourth-order valence-electron chi connectivity index (χ4n) is 2.24. The molecule has 23 heavy (non-hydrogen) atoms. The Labute approximate surface area is 144 Å². The first-order valence-corrected chi connectivity index (χ1v) is 7.53. The number of rotatable bonds is 4. The molecule has 0 saturated carbocycles. The van der Waals surface area contributed by atoms with E-state index in [1.54, 1.807) is 18.2 Å². The van der Waals surface area contributed by atoms with Gasteiger partial charge in [0.1, 0.15) is 6.42 Å². The van der Waals surface area contributed by atoms with Crippen molar-refractivity contribution in [3.05, 3.63) is 51.3 Å². The van der Waals surface area contributed by atoms with Crippen molar-refractivity contribution in [1.29, 1.82) is 5.26 Å². The van der Waals surface area contributed by atoms with Gasteiger partial charge in [-0.05, 0) is 38.1 Å². The molecule has 0 unspecified atom stereocenters. The van der Waals surface area contributed by atoms with Crippen molar-refractivity contribution < 1.29 is 4.79 Å². The van der Waals surface area contributed by atoms with Crippen LogP contribution in [-0.2, 0) is 4.79 Å². The standard InChI is InChI=1S/C16H14Cl2N4O/c1-10-7-12(9-20-21-16(23)5-6-19)11(2)22(10)15-4-3-13(17)8-14(15)18/h3-4,7-9H,5H2,1-2H3,(H,21,23)/b20-9+. The van der Waals surface area contributed by atoms with Crippen molar-refractivity contribution in [1.82, 2.24) is 9.99 Å². The lowest BCUT2D eigenvalue weighted by Gasteiger charge is -2.11. The van der Waals surface area contributed by atoms with Gasteiger partial charge in [-0.1, -0.05) is 23.2 Å². The van der Waals surface area contributed by atoms with Gasteiger partial charge >= 0.3 is 0 Å². The number of benzene rings is 1. The summed E-state index contributed by atoms with van der Waals surface area (Å²) in [5.41, 5.74) is 5.85. The van der Waals surface area contributed by atoms with Gasteiger partial charge in [-0.15, -0.1) is 0 Å². The molecule has 1 amide bonds. The zero-order chi connectivity index (χ0) is 17.0. The minimum absolute atomic E-state index is 0.225. The largest absolute Gasteiger partial charge is 0.316 e. The molecule has 2 rings (SSSR count). The maximum Gasteiger partial charge on any atom is 0.254 e. The minimum Gasteiger partial charge on any atom is -0.316 e. The van der Waals surface area contributed by atoms with Crippen molar-refractivity contribution in [2.45, 2.75) is 20.3 Å². The first kappa shape index (κ1) is 17.1. The molecule has 0 atom stereocenters. The van der Waals surface area contributed by atoms with E-state index in [9.17, 15) is 4.79 Å². The van der Waals surface area contributed by atoms with Crippen LogP contribution in [0.1, 0.15) is 23.4 Å². The van der Waals surface area contributed by atoms with E-state index < -0.39 is 5.91 Å². The van der Waals surface area contributed by atoms with Gasteiger partial charge in [-0.3, -0.25) is 4.79 Å². The highest BCUT2D eigenvalue weighted by Gasteiger charge is 2.12.